The van der Waals surface area contributed by atoms with Crippen LogP contribution in [0.4, 0.5) is 5.69 Å². The molecule has 2 nitrogen and oxygen atoms in total. The second-order valence-corrected chi connectivity index (χ2v) is 6.45. The van der Waals surface area contributed by atoms with Gasteiger partial charge in [-0.25, -0.2) is 0 Å². The van der Waals surface area contributed by atoms with Crippen LogP contribution in [-0.4, -0.2) is 10.9 Å². The summed E-state index contributed by atoms with van der Waals surface area (Å²) in [5, 5.41) is 13.5. The first-order valence-electron chi connectivity index (χ1n) is 6.65. The van der Waals surface area contributed by atoms with Crippen molar-refractivity contribution in [3.05, 3.63) is 58.6 Å². The molecule has 20 heavy (non-hydrogen) atoms. The van der Waals surface area contributed by atoms with E-state index >= 15 is 0 Å². The van der Waals surface area contributed by atoms with Crippen LogP contribution in [0.25, 0.3) is 0 Å². The highest BCUT2D eigenvalue weighted by Gasteiger charge is 2.20. The molecule has 1 aliphatic heterocycles. The topological polar surface area (TPSA) is 32.3 Å². The summed E-state index contributed by atoms with van der Waals surface area (Å²) < 4.78 is 0. The van der Waals surface area contributed by atoms with Gasteiger partial charge in [0, 0.05) is 21.4 Å². The average Bonchev–Trinajstić information content (AvgIpc) is 2.48. The molecule has 1 unspecified atom stereocenters. The highest BCUT2D eigenvalue weighted by atomic mass is 35.5. The average molecular weight is 306 g/mol. The summed E-state index contributed by atoms with van der Waals surface area (Å²) >= 11 is 8.00. The lowest BCUT2D eigenvalue weighted by Crippen LogP contribution is -2.16. The van der Waals surface area contributed by atoms with Gasteiger partial charge in [0.1, 0.15) is 0 Å². The molecule has 0 amide bonds. The minimum absolute atomic E-state index is 0.0679. The molecule has 3 rings (SSSR count). The van der Waals surface area contributed by atoms with E-state index in [2.05, 4.69) is 17.4 Å². The molecule has 0 aliphatic carbocycles. The molecule has 2 aromatic carbocycles. The third-order valence-corrected chi connectivity index (χ3v) is 4.82. The number of rotatable bonds is 3. The number of thioether (sulfide) groups is 1. The van der Waals surface area contributed by atoms with Gasteiger partial charge >= 0.3 is 0 Å². The Labute approximate surface area is 128 Å². The van der Waals surface area contributed by atoms with Crippen LogP contribution in [0.5, 0.6) is 0 Å². The molecule has 2 N–H and O–H groups in total. The van der Waals surface area contributed by atoms with Gasteiger partial charge in [-0.05, 0) is 47.9 Å². The molecule has 0 spiro atoms. The summed E-state index contributed by atoms with van der Waals surface area (Å²) in [5.74, 6) is 1.10. The van der Waals surface area contributed by atoms with Crippen LogP contribution < -0.4 is 5.32 Å². The molecule has 1 atom stereocenters. The molecule has 0 radical (unpaired) electrons. The molecule has 104 valence electrons. The van der Waals surface area contributed by atoms with E-state index in [1.54, 1.807) is 0 Å². The smallest absolute Gasteiger partial charge is 0.0682 e. The highest BCUT2D eigenvalue weighted by Crippen LogP contribution is 2.39. The summed E-state index contributed by atoms with van der Waals surface area (Å²) in [5.41, 5.74) is 3.23. The van der Waals surface area contributed by atoms with Crippen molar-refractivity contribution in [3.63, 3.8) is 0 Å². The minimum Gasteiger partial charge on any atom is -0.392 e. The van der Waals surface area contributed by atoms with Crippen LogP contribution in [0, 0.1) is 0 Å². The molecule has 0 saturated heterocycles. The lowest BCUT2D eigenvalue weighted by atomic mass is 10.0. The summed E-state index contributed by atoms with van der Waals surface area (Å²) in [6.45, 7) is 0.0679. The van der Waals surface area contributed by atoms with Gasteiger partial charge < -0.3 is 10.4 Å². The van der Waals surface area contributed by atoms with E-state index in [1.807, 2.05) is 42.1 Å². The molecule has 0 saturated carbocycles. The quantitative estimate of drug-likeness (QED) is 0.877. The van der Waals surface area contributed by atoms with Crippen molar-refractivity contribution in [1.82, 2.24) is 0 Å². The van der Waals surface area contributed by atoms with E-state index < -0.39 is 0 Å². The van der Waals surface area contributed by atoms with Crippen LogP contribution in [0.15, 0.2) is 47.4 Å². The van der Waals surface area contributed by atoms with Crippen LogP contribution in [0.3, 0.4) is 0 Å². The fraction of sp³-hybridized carbons (Fsp3) is 0.250. The minimum atomic E-state index is 0.0679. The lowest BCUT2D eigenvalue weighted by Gasteiger charge is -2.27. The number of halogens is 1. The Kier molecular flexibility index (Phi) is 4.20. The Hall–Kier alpha value is -1.16. The van der Waals surface area contributed by atoms with Gasteiger partial charge in [0.2, 0.25) is 0 Å². The zero-order valence-corrected chi connectivity index (χ0v) is 12.5. The van der Waals surface area contributed by atoms with E-state index in [9.17, 15) is 5.11 Å². The highest BCUT2D eigenvalue weighted by molar-refractivity contribution is 7.99. The Morgan fingerprint density at radius 2 is 2.15 bits per heavy atom. The predicted octanol–water partition coefficient (Wildman–Crippen LogP) is 4.48. The summed E-state index contributed by atoms with van der Waals surface area (Å²) in [4.78, 5) is 1.30. The van der Waals surface area contributed by atoms with Crippen molar-refractivity contribution in [1.29, 1.82) is 0 Å². The number of hydrogen-bond acceptors (Lipinski definition) is 3. The third kappa shape index (κ3) is 2.95. The van der Waals surface area contributed by atoms with E-state index in [4.69, 9.17) is 11.6 Å². The van der Waals surface area contributed by atoms with E-state index in [-0.39, 0.29) is 12.6 Å². The van der Waals surface area contributed by atoms with Crippen LogP contribution in [0.2, 0.25) is 5.02 Å². The predicted molar refractivity (Wildman–Crippen MR) is 85.5 cm³/mol. The number of hydrogen-bond donors (Lipinski definition) is 2. The van der Waals surface area contributed by atoms with Crippen LogP contribution >= 0.6 is 23.4 Å². The van der Waals surface area contributed by atoms with Gasteiger partial charge in [-0.2, -0.15) is 0 Å². The fourth-order valence-electron chi connectivity index (χ4n) is 2.48. The van der Waals surface area contributed by atoms with Crippen molar-refractivity contribution >= 4 is 29.1 Å². The maximum atomic E-state index is 9.21. The largest absolute Gasteiger partial charge is 0.392 e. The first-order valence-corrected chi connectivity index (χ1v) is 8.01. The lowest BCUT2D eigenvalue weighted by molar-refractivity contribution is 0.282. The normalized spacial score (nSPS) is 17.6. The molecule has 1 aliphatic rings. The zero-order chi connectivity index (χ0) is 13.9. The summed E-state index contributed by atoms with van der Waals surface area (Å²) in [6.07, 6.45) is 1.07. The Balaban J connectivity index is 1.87. The fourth-order valence-corrected chi connectivity index (χ4v) is 3.76. The van der Waals surface area contributed by atoms with Crippen molar-refractivity contribution in [2.24, 2.45) is 0 Å². The monoisotopic (exact) mass is 305 g/mol. The number of fused-ring (bicyclic) bond motifs is 1. The Bertz CT molecular complexity index is 617. The molecular formula is C16H16ClNOS. The van der Waals surface area contributed by atoms with Gasteiger partial charge in [-0.15, -0.1) is 11.8 Å². The van der Waals surface area contributed by atoms with E-state index in [0.29, 0.717) is 0 Å². The Morgan fingerprint density at radius 3 is 3.00 bits per heavy atom. The van der Waals surface area contributed by atoms with E-state index in [0.717, 1.165) is 28.4 Å². The summed E-state index contributed by atoms with van der Waals surface area (Å²) in [7, 11) is 0. The molecule has 2 aromatic rings. The zero-order valence-electron chi connectivity index (χ0n) is 11.0. The standard InChI is InChI=1S/C16H16ClNOS/c17-12-4-5-16-14(9-12)15(6-7-20-16)18-13-3-1-2-11(8-13)10-19/h1-5,8-9,15,18-19H,6-7,10H2. The van der Waals surface area contributed by atoms with Crippen molar-refractivity contribution in [3.8, 4) is 0 Å². The van der Waals surface area contributed by atoms with Crippen LogP contribution in [0.1, 0.15) is 23.6 Å². The first kappa shape index (κ1) is 13.8. The number of aliphatic hydroxyl groups is 1. The molecule has 0 bridgehead atoms. The molecular weight excluding hydrogens is 290 g/mol. The summed E-state index contributed by atoms with van der Waals surface area (Å²) in [6, 6.07) is 14.3. The number of anilines is 1. The van der Waals surface area contributed by atoms with Crippen molar-refractivity contribution < 1.29 is 5.11 Å². The van der Waals surface area contributed by atoms with E-state index in [1.165, 1.54) is 10.5 Å². The molecule has 1 heterocycles. The molecule has 0 fully saturated rings. The van der Waals surface area contributed by atoms with Gasteiger partial charge in [0.05, 0.1) is 12.6 Å². The third-order valence-electron chi connectivity index (χ3n) is 3.46. The first-order chi connectivity index (χ1) is 9.76. The van der Waals surface area contributed by atoms with Crippen LogP contribution in [-0.2, 0) is 6.61 Å². The van der Waals surface area contributed by atoms with Crippen molar-refractivity contribution in [2.45, 2.75) is 24.0 Å². The number of benzene rings is 2. The molecule has 4 heteroatoms. The van der Waals surface area contributed by atoms with Gasteiger partial charge in [-0.3, -0.25) is 0 Å². The van der Waals surface area contributed by atoms with Crippen molar-refractivity contribution in [2.75, 3.05) is 11.1 Å². The maximum Gasteiger partial charge on any atom is 0.0682 e. The second-order valence-electron chi connectivity index (χ2n) is 4.87. The maximum absolute atomic E-state index is 9.21. The molecule has 0 aromatic heterocycles. The van der Waals surface area contributed by atoms with Gasteiger partial charge in [0.25, 0.3) is 0 Å². The second kappa shape index (κ2) is 6.08. The Morgan fingerprint density at radius 1 is 1.25 bits per heavy atom. The SMILES string of the molecule is OCc1cccc(NC2CCSc3ccc(Cl)cc32)c1. The number of nitrogens with one attached hydrogen (secondary N) is 1. The van der Waals surface area contributed by atoms with Gasteiger partial charge in [0.15, 0.2) is 0 Å². The number of aliphatic hydroxyl groups excluding tert-OH is 1. The van der Waals surface area contributed by atoms with Gasteiger partial charge in [-0.1, -0.05) is 23.7 Å².